The first kappa shape index (κ1) is 49.9. The van der Waals surface area contributed by atoms with Crippen LogP contribution >= 0.6 is 11.3 Å². The summed E-state index contributed by atoms with van der Waals surface area (Å²) in [4.78, 5) is 66.8. The van der Waals surface area contributed by atoms with E-state index in [-0.39, 0.29) is 59.9 Å². The number of benzene rings is 1. The van der Waals surface area contributed by atoms with Gasteiger partial charge in [-0.3, -0.25) is 24.1 Å². The second kappa shape index (κ2) is 24.7. The minimum Gasteiger partial charge on any atom is -0.379 e. The lowest BCUT2D eigenvalue weighted by molar-refractivity contribution is -0.148. The molecule has 9 atom stereocenters. The fourth-order valence-corrected chi connectivity index (χ4v) is 9.38. The van der Waals surface area contributed by atoms with Gasteiger partial charge in [-0.15, -0.1) is 11.3 Å². The highest BCUT2D eigenvalue weighted by molar-refractivity contribution is 7.09. The number of carbonyl (C=O) groups excluding carboxylic acids is 4. The molecule has 13 nitrogen and oxygen atoms in total. The zero-order valence-electron chi connectivity index (χ0n) is 37.9. The number of likely N-dealkylation sites (N-methyl/N-ethyl adjacent to an activating group) is 2. The Bertz CT molecular complexity index is 1560. The second-order valence-corrected chi connectivity index (χ2v) is 18.0. The zero-order chi connectivity index (χ0) is 43.8. The predicted octanol–water partition coefficient (Wildman–Crippen LogP) is 5.17. The number of rotatable bonds is 25. The predicted molar refractivity (Wildman–Crippen MR) is 236 cm³/mol. The summed E-state index contributed by atoms with van der Waals surface area (Å²) in [6, 6.07) is 7.80. The van der Waals surface area contributed by atoms with Gasteiger partial charge in [-0.05, 0) is 76.2 Å². The SMILES string of the molecule is CC[C@H](C)[C@@H]([C@@H](CC(=O)N1CCC[C@H]1[C@H](OC)C(C)C(=O)N[C@@H](Cc1ccccc1)c1nccs1)OC)N(C)C(=O)[C@@H](NC(=O)[C@H](C(C)C)N(C)CCCNC)C(C)C. The lowest BCUT2D eigenvalue weighted by atomic mass is 9.89. The van der Waals surface area contributed by atoms with Crippen LogP contribution < -0.4 is 16.0 Å². The molecule has 1 unspecified atom stereocenters. The van der Waals surface area contributed by atoms with Gasteiger partial charge in [0.2, 0.25) is 23.6 Å². The minimum atomic E-state index is -0.764. The van der Waals surface area contributed by atoms with Crippen LogP contribution in [-0.4, -0.2) is 135 Å². The first-order valence-electron chi connectivity index (χ1n) is 21.6. The molecule has 1 aliphatic rings. The highest BCUT2D eigenvalue weighted by Gasteiger charge is 2.43. The molecule has 3 rings (SSSR count). The fraction of sp³-hybridized carbons (Fsp3) is 0.711. The summed E-state index contributed by atoms with van der Waals surface area (Å²) in [5.41, 5.74) is 1.09. The van der Waals surface area contributed by atoms with E-state index in [4.69, 9.17) is 9.47 Å². The van der Waals surface area contributed by atoms with E-state index in [2.05, 4.69) is 39.7 Å². The van der Waals surface area contributed by atoms with Gasteiger partial charge in [-0.25, -0.2) is 4.98 Å². The molecule has 1 aromatic heterocycles. The molecular formula is C45H75N7O6S. The van der Waals surface area contributed by atoms with Gasteiger partial charge in [0.15, 0.2) is 0 Å². The smallest absolute Gasteiger partial charge is 0.245 e. The number of thiazole rings is 1. The Morgan fingerprint density at radius 3 is 2.22 bits per heavy atom. The quantitative estimate of drug-likeness (QED) is 0.115. The van der Waals surface area contributed by atoms with Crippen LogP contribution in [0.5, 0.6) is 0 Å². The highest BCUT2D eigenvalue weighted by Crippen LogP contribution is 2.30. The summed E-state index contributed by atoms with van der Waals surface area (Å²) < 4.78 is 12.2. The summed E-state index contributed by atoms with van der Waals surface area (Å²) in [5, 5.41) is 12.3. The average molecular weight is 842 g/mol. The van der Waals surface area contributed by atoms with Crippen molar-refractivity contribution in [3.8, 4) is 0 Å². The number of ether oxygens (including phenoxy) is 2. The molecule has 1 aromatic carbocycles. The normalized spacial score (nSPS) is 18.6. The third-order valence-corrected chi connectivity index (χ3v) is 13.0. The number of likely N-dealkylation sites (tertiary alicyclic amines) is 1. The molecular weight excluding hydrogens is 767 g/mol. The molecule has 1 fully saturated rings. The van der Waals surface area contributed by atoms with Gasteiger partial charge in [0.25, 0.3) is 0 Å². The number of aromatic nitrogens is 1. The number of methoxy groups -OCH3 is 2. The molecule has 2 heterocycles. The third-order valence-electron chi connectivity index (χ3n) is 12.2. The van der Waals surface area contributed by atoms with Crippen LogP contribution in [-0.2, 0) is 35.1 Å². The molecule has 1 aliphatic heterocycles. The summed E-state index contributed by atoms with van der Waals surface area (Å²) in [5.74, 6) is -1.37. The van der Waals surface area contributed by atoms with Crippen LogP contribution in [0.15, 0.2) is 41.9 Å². The Hall–Kier alpha value is -3.43. The van der Waals surface area contributed by atoms with E-state index in [0.29, 0.717) is 19.4 Å². The first-order chi connectivity index (χ1) is 28.1. The van der Waals surface area contributed by atoms with Crippen molar-refractivity contribution in [2.75, 3.05) is 55.0 Å². The third kappa shape index (κ3) is 13.8. The van der Waals surface area contributed by atoms with Crippen molar-refractivity contribution in [1.82, 2.24) is 35.6 Å². The fourth-order valence-electron chi connectivity index (χ4n) is 8.69. The number of hydrogen-bond acceptors (Lipinski definition) is 10. The van der Waals surface area contributed by atoms with Crippen LogP contribution in [0, 0.1) is 23.7 Å². The Morgan fingerprint density at radius 2 is 1.66 bits per heavy atom. The van der Waals surface area contributed by atoms with Crippen molar-refractivity contribution in [3.05, 3.63) is 52.5 Å². The molecule has 0 saturated carbocycles. The molecule has 332 valence electrons. The molecule has 3 N–H and O–H groups in total. The summed E-state index contributed by atoms with van der Waals surface area (Å²) in [6.07, 6.45) is 4.36. The maximum Gasteiger partial charge on any atom is 0.245 e. The van der Waals surface area contributed by atoms with Crippen molar-refractivity contribution < 1.29 is 28.7 Å². The minimum absolute atomic E-state index is 0.0154. The standard InChI is InChI=1S/C45H75N7O6S/c1-13-31(6)40(51(10)45(56)38(29(2)3)49-43(55)39(30(4)5)50(9)24-18-22-46-8)36(57-11)28-37(53)52-25-17-21-35(52)41(58-12)32(7)42(54)48-34(44-47-23-26-59-44)27-33-19-15-14-16-20-33/h14-16,19-20,23,26,29-32,34-36,38-41,46H,13,17-18,21-22,24-25,27-28H2,1-12H3,(H,48,54)(H,49,55)/t31-,32?,34-,35-,36+,38-,39-,40-,41+/m0/s1. The maximum atomic E-state index is 14.5. The lowest BCUT2D eigenvalue weighted by Crippen LogP contribution is -2.60. The summed E-state index contributed by atoms with van der Waals surface area (Å²) in [7, 11) is 8.82. The molecule has 0 bridgehead atoms. The van der Waals surface area contributed by atoms with Crippen molar-refractivity contribution in [3.63, 3.8) is 0 Å². The Kier molecular flexibility index (Phi) is 20.9. The number of carbonyl (C=O) groups is 4. The van der Waals surface area contributed by atoms with E-state index in [1.54, 1.807) is 32.4 Å². The van der Waals surface area contributed by atoms with E-state index in [1.165, 1.54) is 11.3 Å². The van der Waals surface area contributed by atoms with Gasteiger partial charge < -0.3 is 35.2 Å². The number of hydrogen-bond donors (Lipinski definition) is 3. The van der Waals surface area contributed by atoms with Crippen LogP contribution in [0.25, 0.3) is 0 Å². The van der Waals surface area contributed by atoms with E-state index in [9.17, 15) is 19.2 Å². The van der Waals surface area contributed by atoms with Crippen molar-refractivity contribution >= 4 is 35.0 Å². The molecule has 0 spiro atoms. The van der Waals surface area contributed by atoms with Crippen molar-refractivity contribution in [1.29, 1.82) is 0 Å². The van der Waals surface area contributed by atoms with E-state index >= 15 is 0 Å². The van der Waals surface area contributed by atoms with Crippen LogP contribution in [0.3, 0.4) is 0 Å². The molecule has 4 amide bonds. The molecule has 14 heteroatoms. The lowest BCUT2D eigenvalue weighted by Gasteiger charge is -2.41. The first-order valence-corrected chi connectivity index (χ1v) is 22.5. The molecule has 59 heavy (non-hydrogen) atoms. The Morgan fingerprint density at radius 1 is 0.966 bits per heavy atom. The molecule has 0 radical (unpaired) electrons. The number of nitrogens with zero attached hydrogens (tertiary/aromatic N) is 4. The Labute approximate surface area is 358 Å². The van der Waals surface area contributed by atoms with Crippen molar-refractivity contribution in [2.24, 2.45) is 23.7 Å². The van der Waals surface area contributed by atoms with Gasteiger partial charge in [-0.2, -0.15) is 0 Å². The van der Waals surface area contributed by atoms with Crippen LogP contribution in [0.1, 0.15) is 97.2 Å². The van der Waals surface area contributed by atoms with E-state index in [0.717, 1.165) is 42.9 Å². The average Bonchev–Trinajstić information content (AvgIpc) is 3.93. The summed E-state index contributed by atoms with van der Waals surface area (Å²) >= 11 is 1.51. The van der Waals surface area contributed by atoms with Crippen molar-refractivity contribution in [2.45, 2.75) is 129 Å². The maximum absolute atomic E-state index is 14.5. The number of nitrogens with one attached hydrogen (secondary N) is 3. The van der Waals surface area contributed by atoms with Crippen LogP contribution in [0.4, 0.5) is 0 Å². The largest absolute Gasteiger partial charge is 0.379 e. The van der Waals surface area contributed by atoms with Gasteiger partial charge >= 0.3 is 0 Å². The van der Waals surface area contributed by atoms with Gasteiger partial charge in [0.1, 0.15) is 11.0 Å². The zero-order valence-corrected chi connectivity index (χ0v) is 38.7. The molecule has 0 aliphatic carbocycles. The molecule has 1 saturated heterocycles. The van der Waals surface area contributed by atoms with Gasteiger partial charge in [-0.1, -0.05) is 85.2 Å². The van der Waals surface area contributed by atoms with E-state index < -0.39 is 36.3 Å². The second-order valence-electron chi connectivity index (χ2n) is 17.1. The summed E-state index contributed by atoms with van der Waals surface area (Å²) in [6.45, 7) is 16.1. The van der Waals surface area contributed by atoms with Gasteiger partial charge in [0, 0.05) is 39.4 Å². The topological polar surface area (TPSA) is 145 Å². The van der Waals surface area contributed by atoms with Crippen LogP contribution in [0.2, 0.25) is 0 Å². The molecule has 2 aromatic rings. The monoisotopic (exact) mass is 842 g/mol. The van der Waals surface area contributed by atoms with E-state index in [1.807, 2.05) is 89.3 Å². The van der Waals surface area contributed by atoms with Gasteiger partial charge in [0.05, 0.1) is 48.7 Å². The number of amides is 4. The highest BCUT2D eigenvalue weighted by atomic mass is 32.1. The Balaban J connectivity index is 1.78.